The minimum atomic E-state index is -0.535. The van der Waals surface area contributed by atoms with Gasteiger partial charge in [-0.2, -0.15) is 11.8 Å². The molecule has 1 fully saturated rings. The Morgan fingerprint density at radius 2 is 2.04 bits per heavy atom. The second-order valence-electron chi connectivity index (χ2n) is 5.90. The first-order chi connectivity index (χ1) is 12.1. The average molecular weight is 424 g/mol. The highest BCUT2D eigenvalue weighted by molar-refractivity contribution is 9.10. The summed E-state index contributed by atoms with van der Waals surface area (Å²) in [5, 5.41) is 3.40. The second kappa shape index (κ2) is 8.83. The average Bonchev–Trinajstić information content (AvgIpc) is 2.63. The van der Waals surface area contributed by atoms with Crippen molar-refractivity contribution in [1.82, 2.24) is 0 Å². The summed E-state index contributed by atoms with van der Waals surface area (Å²) in [5.74, 6) is -0.0976. The summed E-state index contributed by atoms with van der Waals surface area (Å²) in [7, 11) is 0. The number of carbonyl (C=O) groups excluding carboxylic acids is 1. The molecular weight excluding hydrogens is 405 g/mol. The Hall–Kier alpha value is -1.37. The van der Waals surface area contributed by atoms with E-state index in [1.54, 1.807) is 6.07 Å². The predicted molar refractivity (Wildman–Crippen MR) is 104 cm³/mol. The Balaban J connectivity index is 1.62. The Morgan fingerprint density at radius 1 is 1.24 bits per heavy atom. The molecule has 0 atom stereocenters. The molecule has 3 nitrogen and oxygen atoms in total. The van der Waals surface area contributed by atoms with E-state index in [1.807, 2.05) is 36.0 Å². The van der Waals surface area contributed by atoms with Crippen LogP contribution >= 0.6 is 27.7 Å². The molecule has 1 saturated heterocycles. The minimum absolute atomic E-state index is 0.0244. The summed E-state index contributed by atoms with van der Waals surface area (Å²) in [6, 6.07) is 12.0. The predicted octanol–water partition coefficient (Wildman–Crippen LogP) is 5.25. The molecule has 6 heteroatoms. The minimum Gasteiger partial charge on any atom is -0.381 e. The zero-order valence-electron chi connectivity index (χ0n) is 13.6. The summed E-state index contributed by atoms with van der Waals surface area (Å²) < 4.78 is 19.9. The zero-order chi connectivity index (χ0) is 17.6. The maximum Gasteiger partial charge on any atom is 0.258 e. The van der Waals surface area contributed by atoms with Crippen LogP contribution in [0.1, 0.15) is 28.8 Å². The molecule has 0 aromatic heterocycles. The first kappa shape index (κ1) is 18.4. The molecule has 1 heterocycles. The van der Waals surface area contributed by atoms with Crippen LogP contribution < -0.4 is 5.32 Å². The Morgan fingerprint density at radius 3 is 2.84 bits per heavy atom. The summed E-state index contributed by atoms with van der Waals surface area (Å²) in [5.41, 5.74) is 1.84. The maximum absolute atomic E-state index is 13.8. The van der Waals surface area contributed by atoms with Gasteiger partial charge in [0.2, 0.25) is 0 Å². The highest BCUT2D eigenvalue weighted by Crippen LogP contribution is 2.26. The van der Waals surface area contributed by atoms with Crippen LogP contribution in [0.15, 0.2) is 46.9 Å². The number of anilines is 1. The lowest BCUT2D eigenvalue weighted by Crippen LogP contribution is -2.17. The van der Waals surface area contributed by atoms with Gasteiger partial charge in [-0.1, -0.05) is 28.1 Å². The molecule has 3 rings (SSSR count). The van der Waals surface area contributed by atoms with Gasteiger partial charge in [-0.25, -0.2) is 4.39 Å². The molecule has 0 saturated carbocycles. The van der Waals surface area contributed by atoms with Crippen LogP contribution in [0.5, 0.6) is 0 Å². The molecule has 1 N–H and O–H groups in total. The third-order valence-electron chi connectivity index (χ3n) is 4.01. The highest BCUT2D eigenvalue weighted by atomic mass is 79.9. The van der Waals surface area contributed by atoms with Crippen LogP contribution in [-0.2, 0) is 10.5 Å². The fourth-order valence-electron chi connectivity index (χ4n) is 2.67. The van der Waals surface area contributed by atoms with Crippen molar-refractivity contribution in [3.05, 3.63) is 63.9 Å². The van der Waals surface area contributed by atoms with Gasteiger partial charge in [0, 0.05) is 34.4 Å². The van der Waals surface area contributed by atoms with Gasteiger partial charge in [0.25, 0.3) is 5.91 Å². The molecule has 2 aromatic carbocycles. The van der Waals surface area contributed by atoms with Crippen molar-refractivity contribution in [1.29, 1.82) is 0 Å². The van der Waals surface area contributed by atoms with Crippen molar-refractivity contribution >= 4 is 39.3 Å². The largest absolute Gasteiger partial charge is 0.381 e. The second-order valence-corrected chi connectivity index (χ2v) is 8.11. The number of halogens is 2. The van der Waals surface area contributed by atoms with E-state index in [9.17, 15) is 9.18 Å². The van der Waals surface area contributed by atoms with Crippen molar-refractivity contribution < 1.29 is 13.9 Å². The number of hydrogen-bond acceptors (Lipinski definition) is 3. The summed E-state index contributed by atoms with van der Waals surface area (Å²) in [6.45, 7) is 1.68. The SMILES string of the molecule is O=C(Nc1cccc(CSC2CCOCC2)c1)c1cc(Br)ccc1F. The van der Waals surface area contributed by atoms with E-state index in [0.29, 0.717) is 15.4 Å². The van der Waals surface area contributed by atoms with E-state index < -0.39 is 11.7 Å². The molecule has 25 heavy (non-hydrogen) atoms. The van der Waals surface area contributed by atoms with Crippen molar-refractivity contribution in [2.45, 2.75) is 23.8 Å². The topological polar surface area (TPSA) is 38.3 Å². The van der Waals surface area contributed by atoms with Crippen molar-refractivity contribution in [2.24, 2.45) is 0 Å². The number of benzene rings is 2. The summed E-state index contributed by atoms with van der Waals surface area (Å²) in [6.07, 6.45) is 2.17. The van der Waals surface area contributed by atoms with Crippen LogP contribution in [0.2, 0.25) is 0 Å². The van der Waals surface area contributed by atoms with E-state index in [0.717, 1.165) is 37.4 Å². The van der Waals surface area contributed by atoms with Crippen LogP contribution in [0.4, 0.5) is 10.1 Å². The lowest BCUT2D eigenvalue weighted by molar-refractivity contribution is 0.0999. The third kappa shape index (κ3) is 5.30. The molecule has 1 amide bonds. The van der Waals surface area contributed by atoms with Gasteiger partial charge in [0.05, 0.1) is 5.56 Å². The van der Waals surface area contributed by atoms with E-state index in [4.69, 9.17) is 4.74 Å². The lowest BCUT2D eigenvalue weighted by atomic mass is 10.2. The molecule has 0 radical (unpaired) electrons. The zero-order valence-corrected chi connectivity index (χ0v) is 16.0. The maximum atomic E-state index is 13.8. The number of carbonyl (C=O) groups is 1. The fraction of sp³-hybridized carbons (Fsp3) is 0.316. The first-order valence-corrected chi connectivity index (χ1v) is 10.0. The van der Waals surface area contributed by atoms with Crippen LogP contribution in [-0.4, -0.2) is 24.4 Å². The van der Waals surface area contributed by atoms with E-state index >= 15 is 0 Å². The van der Waals surface area contributed by atoms with Crippen molar-refractivity contribution in [3.8, 4) is 0 Å². The van der Waals surface area contributed by atoms with E-state index in [2.05, 4.69) is 21.2 Å². The molecule has 132 valence electrons. The summed E-state index contributed by atoms with van der Waals surface area (Å²) >= 11 is 5.18. The van der Waals surface area contributed by atoms with Crippen LogP contribution in [0, 0.1) is 5.82 Å². The van der Waals surface area contributed by atoms with Gasteiger partial charge in [0.15, 0.2) is 0 Å². The van der Waals surface area contributed by atoms with Crippen molar-refractivity contribution in [3.63, 3.8) is 0 Å². The van der Waals surface area contributed by atoms with E-state index in [1.165, 1.54) is 12.1 Å². The van der Waals surface area contributed by atoms with Crippen LogP contribution in [0.25, 0.3) is 0 Å². The Kier molecular flexibility index (Phi) is 6.51. The van der Waals surface area contributed by atoms with Crippen molar-refractivity contribution in [2.75, 3.05) is 18.5 Å². The Bertz CT molecular complexity index is 750. The monoisotopic (exact) mass is 423 g/mol. The number of amides is 1. The summed E-state index contributed by atoms with van der Waals surface area (Å²) in [4.78, 5) is 12.3. The van der Waals surface area contributed by atoms with Gasteiger partial charge in [-0.3, -0.25) is 4.79 Å². The molecular formula is C19H19BrFNO2S. The number of ether oxygens (including phenoxy) is 1. The van der Waals surface area contributed by atoms with Crippen LogP contribution in [0.3, 0.4) is 0 Å². The normalized spacial score (nSPS) is 15.1. The third-order valence-corrected chi connectivity index (χ3v) is 5.95. The smallest absolute Gasteiger partial charge is 0.258 e. The molecule has 0 aliphatic carbocycles. The Labute approximate surface area is 159 Å². The number of thioether (sulfide) groups is 1. The lowest BCUT2D eigenvalue weighted by Gasteiger charge is -2.21. The number of nitrogens with one attached hydrogen (secondary N) is 1. The quantitative estimate of drug-likeness (QED) is 0.713. The number of rotatable bonds is 5. The molecule has 0 spiro atoms. The van der Waals surface area contributed by atoms with Gasteiger partial charge in [0.1, 0.15) is 5.82 Å². The molecule has 2 aromatic rings. The molecule has 0 bridgehead atoms. The highest BCUT2D eigenvalue weighted by Gasteiger charge is 2.15. The molecule has 1 aliphatic heterocycles. The van der Waals surface area contributed by atoms with Gasteiger partial charge in [-0.15, -0.1) is 0 Å². The first-order valence-electron chi connectivity index (χ1n) is 8.16. The van der Waals surface area contributed by atoms with Gasteiger partial charge in [-0.05, 0) is 48.7 Å². The van der Waals surface area contributed by atoms with E-state index in [-0.39, 0.29) is 5.56 Å². The fourth-order valence-corrected chi connectivity index (χ4v) is 4.16. The molecule has 0 unspecified atom stereocenters. The van der Waals surface area contributed by atoms with Gasteiger partial charge < -0.3 is 10.1 Å². The number of hydrogen-bond donors (Lipinski definition) is 1. The standard InChI is InChI=1S/C19H19BrFNO2S/c20-14-4-5-18(21)17(11-14)19(23)22-15-3-1-2-13(10-15)12-25-16-6-8-24-9-7-16/h1-5,10-11,16H,6-9,12H2,(H,22,23). The molecule has 1 aliphatic rings. The van der Waals surface area contributed by atoms with Gasteiger partial charge >= 0.3 is 0 Å².